The van der Waals surface area contributed by atoms with E-state index in [1.165, 1.54) is 22.3 Å². The van der Waals surface area contributed by atoms with Crippen LogP contribution in [-0.2, 0) is 0 Å². The largest absolute Gasteiger partial charge is 0.289 e. The maximum absolute atomic E-state index is 15.5. The number of hydrogen-bond acceptors (Lipinski definition) is 1. The molecule has 0 saturated heterocycles. The second kappa shape index (κ2) is 11.8. The Morgan fingerprint density at radius 1 is 0.333 bits per heavy atom. The van der Waals surface area contributed by atoms with Crippen molar-refractivity contribution in [3.8, 4) is 44.5 Å². The molecular formula is C47H36O. The molecule has 1 nitrogen and oxygen atoms in total. The summed E-state index contributed by atoms with van der Waals surface area (Å²) in [5.74, 6) is 0. The molecule has 8 aromatic carbocycles. The molecule has 0 aliphatic rings. The molecule has 0 radical (unpaired) electrons. The Labute approximate surface area is 281 Å². The summed E-state index contributed by atoms with van der Waals surface area (Å²) in [6.07, 6.45) is 0. The van der Waals surface area contributed by atoms with Crippen LogP contribution in [0.5, 0.6) is 0 Å². The standard InChI is InChI=1S/C47H36O/c1-29-23-30(2)26-35(25-29)37-21-14-22-39-38-19-12-7-13-20-40(38)45-41(36-27-31(3)24-32(4)28-36)42(33-15-8-5-9-16-33)47(48)43(46(45)44(37)39)34-17-10-6-11-18-34/h5-28H,1-4H3. The van der Waals surface area contributed by atoms with E-state index >= 15 is 4.79 Å². The Morgan fingerprint density at radius 3 is 1.38 bits per heavy atom. The van der Waals surface area contributed by atoms with Crippen molar-refractivity contribution in [2.45, 2.75) is 27.7 Å². The molecule has 0 amide bonds. The molecule has 0 aromatic heterocycles. The number of aryl methyl sites for hydroxylation is 4. The minimum absolute atomic E-state index is 0.0465. The Balaban J connectivity index is 1.77. The van der Waals surface area contributed by atoms with Crippen molar-refractivity contribution in [2.24, 2.45) is 0 Å². The van der Waals surface area contributed by atoms with Crippen LogP contribution in [0.4, 0.5) is 0 Å². The molecule has 0 bridgehead atoms. The first-order valence-electron chi connectivity index (χ1n) is 16.6. The van der Waals surface area contributed by atoms with Gasteiger partial charge in [-0.3, -0.25) is 4.79 Å². The molecule has 0 aliphatic heterocycles. The van der Waals surface area contributed by atoms with Crippen molar-refractivity contribution in [2.75, 3.05) is 0 Å². The van der Waals surface area contributed by atoms with Gasteiger partial charge in [-0.05, 0) is 82.4 Å². The zero-order chi connectivity index (χ0) is 32.9. The molecule has 0 fully saturated rings. The number of rotatable bonds is 4. The summed E-state index contributed by atoms with van der Waals surface area (Å²) in [7, 11) is 0. The van der Waals surface area contributed by atoms with Gasteiger partial charge in [0.2, 0.25) is 0 Å². The average Bonchev–Trinajstić information content (AvgIpc) is 3.34. The van der Waals surface area contributed by atoms with Crippen LogP contribution in [0.15, 0.2) is 150 Å². The maximum atomic E-state index is 15.5. The van der Waals surface area contributed by atoms with E-state index < -0.39 is 0 Å². The third-order valence-corrected chi connectivity index (χ3v) is 9.53. The molecule has 8 rings (SSSR count). The summed E-state index contributed by atoms with van der Waals surface area (Å²) in [4.78, 5) is 15.5. The first-order chi connectivity index (χ1) is 23.4. The molecule has 0 atom stereocenters. The van der Waals surface area contributed by atoms with Gasteiger partial charge in [0.05, 0.1) is 0 Å². The molecule has 48 heavy (non-hydrogen) atoms. The first-order valence-corrected chi connectivity index (χ1v) is 16.6. The van der Waals surface area contributed by atoms with Gasteiger partial charge in [-0.1, -0.05) is 168 Å². The molecular weight excluding hydrogens is 581 g/mol. The normalized spacial score (nSPS) is 11.4. The summed E-state index contributed by atoms with van der Waals surface area (Å²) in [5, 5.41) is 6.65. The van der Waals surface area contributed by atoms with E-state index in [1.807, 2.05) is 36.4 Å². The average molecular weight is 617 g/mol. The Hall–Kier alpha value is -5.79. The van der Waals surface area contributed by atoms with E-state index in [0.717, 1.165) is 76.8 Å². The molecule has 1 heteroatoms. The maximum Gasteiger partial charge on any atom is 0.195 e. The number of benzene rings is 7. The van der Waals surface area contributed by atoms with Crippen LogP contribution < -0.4 is 5.43 Å². The Morgan fingerprint density at radius 2 is 0.792 bits per heavy atom. The van der Waals surface area contributed by atoms with Gasteiger partial charge in [0.15, 0.2) is 5.43 Å². The summed E-state index contributed by atoms with van der Waals surface area (Å²) >= 11 is 0. The van der Waals surface area contributed by atoms with E-state index in [9.17, 15) is 0 Å². The lowest BCUT2D eigenvalue weighted by molar-refractivity contribution is 1.38. The van der Waals surface area contributed by atoms with Crippen molar-refractivity contribution >= 4 is 32.3 Å². The molecule has 0 N–H and O–H groups in total. The van der Waals surface area contributed by atoms with Gasteiger partial charge in [-0.2, -0.15) is 0 Å². The SMILES string of the molecule is Cc1cc(C)cc(-c2cccc3c4cccccc4c4c(-c5cc(C)cc(C)c5)c(-c5ccccc5)c(=O)c(-c5ccccc5)c4c23)c1. The van der Waals surface area contributed by atoms with Crippen molar-refractivity contribution in [1.82, 2.24) is 0 Å². The second-order valence-electron chi connectivity index (χ2n) is 13.2. The Bertz CT molecular complexity index is 2560. The van der Waals surface area contributed by atoms with E-state index in [-0.39, 0.29) is 5.43 Å². The van der Waals surface area contributed by atoms with Crippen molar-refractivity contribution in [3.63, 3.8) is 0 Å². The molecule has 0 aliphatic carbocycles. The third kappa shape index (κ3) is 4.91. The van der Waals surface area contributed by atoms with Crippen LogP contribution in [0.25, 0.3) is 76.8 Å². The van der Waals surface area contributed by atoms with E-state index in [1.54, 1.807) is 0 Å². The Kier molecular flexibility index (Phi) is 7.26. The fourth-order valence-electron chi connectivity index (χ4n) is 7.83. The molecule has 0 unspecified atom stereocenters. The van der Waals surface area contributed by atoms with Gasteiger partial charge >= 0.3 is 0 Å². The first kappa shape index (κ1) is 29.6. The minimum Gasteiger partial charge on any atom is -0.289 e. The number of fused-ring (bicyclic) bond motifs is 6. The van der Waals surface area contributed by atoms with Gasteiger partial charge in [0.25, 0.3) is 0 Å². The van der Waals surface area contributed by atoms with Crippen LogP contribution in [0, 0.1) is 27.7 Å². The molecule has 0 saturated carbocycles. The van der Waals surface area contributed by atoms with Crippen LogP contribution in [0.2, 0.25) is 0 Å². The molecule has 230 valence electrons. The van der Waals surface area contributed by atoms with E-state index in [2.05, 4.69) is 137 Å². The third-order valence-electron chi connectivity index (χ3n) is 9.53. The minimum atomic E-state index is 0.0465. The highest BCUT2D eigenvalue weighted by Crippen LogP contribution is 2.49. The lowest BCUT2D eigenvalue weighted by Crippen LogP contribution is -2.12. The monoisotopic (exact) mass is 616 g/mol. The highest BCUT2D eigenvalue weighted by atomic mass is 16.1. The van der Waals surface area contributed by atoms with Gasteiger partial charge in [-0.25, -0.2) is 0 Å². The second-order valence-corrected chi connectivity index (χ2v) is 13.2. The molecule has 0 heterocycles. The fraction of sp³-hybridized carbons (Fsp3) is 0.0851. The zero-order valence-corrected chi connectivity index (χ0v) is 27.8. The van der Waals surface area contributed by atoms with Gasteiger partial charge < -0.3 is 0 Å². The van der Waals surface area contributed by atoms with Crippen LogP contribution in [0.1, 0.15) is 22.3 Å². The highest BCUT2D eigenvalue weighted by molar-refractivity contribution is 6.35. The molecule has 0 spiro atoms. The lowest BCUT2D eigenvalue weighted by atomic mass is 9.79. The summed E-state index contributed by atoms with van der Waals surface area (Å²) in [5.41, 5.74) is 12.5. The van der Waals surface area contributed by atoms with E-state index in [0.29, 0.717) is 0 Å². The summed E-state index contributed by atoms with van der Waals surface area (Å²) in [6.45, 7) is 8.60. The van der Waals surface area contributed by atoms with Gasteiger partial charge in [-0.15, -0.1) is 0 Å². The van der Waals surface area contributed by atoms with Crippen LogP contribution in [-0.4, -0.2) is 0 Å². The predicted octanol–water partition coefficient (Wildman–Crippen LogP) is 12.4. The number of hydrogen-bond donors (Lipinski definition) is 0. The zero-order valence-electron chi connectivity index (χ0n) is 27.8. The summed E-state index contributed by atoms with van der Waals surface area (Å²) in [6, 6.07) is 51.4. The van der Waals surface area contributed by atoms with Crippen molar-refractivity contribution < 1.29 is 0 Å². The van der Waals surface area contributed by atoms with Gasteiger partial charge in [0.1, 0.15) is 0 Å². The predicted molar refractivity (Wildman–Crippen MR) is 206 cm³/mol. The van der Waals surface area contributed by atoms with Gasteiger partial charge in [0, 0.05) is 22.1 Å². The van der Waals surface area contributed by atoms with Crippen LogP contribution >= 0.6 is 0 Å². The van der Waals surface area contributed by atoms with E-state index in [4.69, 9.17) is 0 Å². The topological polar surface area (TPSA) is 17.1 Å². The van der Waals surface area contributed by atoms with Crippen molar-refractivity contribution in [3.05, 3.63) is 178 Å². The fourth-order valence-corrected chi connectivity index (χ4v) is 7.83. The van der Waals surface area contributed by atoms with Crippen LogP contribution in [0.3, 0.4) is 0 Å². The van der Waals surface area contributed by atoms with Crippen molar-refractivity contribution in [1.29, 1.82) is 0 Å². The smallest absolute Gasteiger partial charge is 0.195 e. The quantitative estimate of drug-likeness (QED) is 0.180. The molecule has 8 aromatic rings. The highest BCUT2D eigenvalue weighted by Gasteiger charge is 2.26. The lowest BCUT2D eigenvalue weighted by Gasteiger charge is -2.22. The summed E-state index contributed by atoms with van der Waals surface area (Å²) < 4.78 is 0.